The molecule has 2 aromatic heterocycles. The Hall–Kier alpha value is -3.30. The van der Waals surface area contributed by atoms with Crippen LogP contribution in [0.1, 0.15) is 34.9 Å². The van der Waals surface area contributed by atoms with E-state index in [1.165, 1.54) is 27.7 Å². The van der Waals surface area contributed by atoms with Crippen molar-refractivity contribution in [3.8, 4) is 23.1 Å². The number of benzene rings is 2. The Kier molecular flexibility index (Phi) is 6.79. The van der Waals surface area contributed by atoms with Crippen LogP contribution >= 0.6 is 11.3 Å². The smallest absolute Gasteiger partial charge is 0.230 e. The molecule has 4 aromatic rings. The SMILES string of the molecule is COc1cc(C(c2sc3ncnn3c2O)N2CCC(Cc3ccccc3)CC2)cc(OC)c1OC. The van der Waals surface area contributed by atoms with E-state index in [0.29, 0.717) is 28.1 Å². The van der Waals surface area contributed by atoms with E-state index in [4.69, 9.17) is 14.2 Å². The fraction of sp³-hybridized carbons (Fsp3) is 0.385. The number of hydrogen-bond donors (Lipinski definition) is 1. The number of fused-ring (bicyclic) bond motifs is 1. The number of aromatic nitrogens is 3. The number of piperidine rings is 1. The summed E-state index contributed by atoms with van der Waals surface area (Å²) >= 11 is 1.45. The van der Waals surface area contributed by atoms with Crippen LogP contribution in [0.15, 0.2) is 48.8 Å². The first-order valence-corrected chi connectivity index (χ1v) is 12.5. The molecule has 9 heteroatoms. The zero-order valence-electron chi connectivity index (χ0n) is 20.2. The second kappa shape index (κ2) is 10.1. The minimum Gasteiger partial charge on any atom is -0.493 e. The molecule has 0 saturated carbocycles. The Morgan fingerprint density at radius 2 is 1.71 bits per heavy atom. The van der Waals surface area contributed by atoms with Crippen molar-refractivity contribution in [2.75, 3.05) is 34.4 Å². The van der Waals surface area contributed by atoms with Gasteiger partial charge in [-0.25, -0.2) is 4.98 Å². The van der Waals surface area contributed by atoms with E-state index in [1.807, 2.05) is 12.1 Å². The summed E-state index contributed by atoms with van der Waals surface area (Å²) in [5.74, 6) is 2.47. The molecule has 5 rings (SSSR count). The first kappa shape index (κ1) is 23.4. The van der Waals surface area contributed by atoms with Crippen molar-refractivity contribution in [3.63, 3.8) is 0 Å². The summed E-state index contributed by atoms with van der Waals surface area (Å²) in [6.45, 7) is 1.82. The second-order valence-electron chi connectivity index (χ2n) is 8.77. The molecule has 0 radical (unpaired) electrons. The molecule has 1 atom stereocenters. The number of thiazole rings is 1. The maximum atomic E-state index is 11.1. The first-order valence-electron chi connectivity index (χ1n) is 11.7. The average molecular weight is 495 g/mol. The predicted molar refractivity (Wildman–Crippen MR) is 135 cm³/mol. The molecule has 0 aliphatic carbocycles. The Morgan fingerprint density at radius 1 is 1.03 bits per heavy atom. The van der Waals surface area contributed by atoms with Crippen molar-refractivity contribution in [1.29, 1.82) is 0 Å². The van der Waals surface area contributed by atoms with Crippen molar-refractivity contribution in [2.24, 2.45) is 5.92 Å². The van der Waals surface area contributed by atoms with Gasteiger partial charge < -0.3 is 19.3 Å². The van der Waals surface area contributed by atoms with Gasteiger partial charge in [0.05, 0.1) is 32.2 Å². The lowest BCUT2D eigenvalue weighted by Crippen LogP contribution is -2.37. The highest BCUT2D eigenvalue weighted by atomic mass is 32.1. The van der Waals surface area contributed by atoms with E-state index in [-0.39, 0.29) is 11.9 Å². The van der Waals surface area contributed by atoms with E-state index in [0.717, 1.165) is 42.8 Å². The van der Waals surface area contributed by atoms with Gasteiger partial charge in [-0.3, -0.25) is 4.90 Å². The second-order valence-corrected chi connectivity index (χ2v) is 9.78. The molecule has 0 spiro atoms. The fourth-order valence-electron chi connectivity index (χ4n) is 5.02. The number of aromatic hydroxyl groups is 1. The van der Waals surface area contributed by atoms with Gasteiger partial charge in [0.15, 0.2) is 11.5 Å². The Balaban J connectivity index is 1.49. The maximum Gasteiger partial charge on any atom is 0.230 e. The van der Waals surface area contributed by atoms with Gasteiger partial charge in [-0.05, 0) is 61.5 Å². The van der Waals surface area contributed by atoms with Crippen LogP contribution < -0.4 is 14.2 Å². The zero-order chi connectivity index (χ0) is 24.4. The number of likely N-dealkylation sites (tertiary alicyclic amines) is 1. The number of rotatable bonds is 8. The lowest BCUT2D eigenvalue weighted by molar-refractivity contribution is 0.150. The Bertz CT molecular complexity index is 1260. The lowest BCUT2D eigenvalue weighted by Gasteiger charge is -2.37. The zero-order valence-corrected chi connectivity index (χ0v) is 21.0. The summed E-state index contributed by atoms with van der Waals surface area (Å²) in [7, 11) is 4.83. The Morgan fingerprint density at radius 3 is 2.31 bits per heavy atom. The maximum absolute atomic E-state index is 11.1. The van der Waals surface area contributed by atoms with Gasteiger partial charge in [0.1, 0.15) is 6.33 Å². The van der Waals surface area contributed by atoms with Gasteiger partial charge in [-0.2, -0.15) is 9.61 Å². The first-order chi connectivity index (χ1) is 17.1. The summed E-state index contributed by atoms with van der Waals surface area (Å²) in [4.78, 5) is 8.18. The van der Waals surface area contributed by atoms with Crippen molar-refractivity contribution >= 4 is 16.3 Å². The molecule has 1 N–H and O–H groups in total. The molecule has 0 bridgehead atoms. The van der Waals surface area contributed by atoms with E-state index in [9.17, 15) is 5.11 Å². The molecule has 1 unspecified atom stereocenters. The molecule has 3 heterocycles. The van der Waals surface area contributed by atoms with Crippen LogP contribution in [-0.4, -0.2) is 59.0 Å². The minimum absolute atomic E-state index is 0.118. The van der Waals surface area contributed by atoms with Crippen LogP contribution in [-0.2, 0) is 6.42 Å². The molecule has 2 aromatic carbocycles. The molecule has 1 saturated heterocycles. The van der Waals surface area contributed by atoms with Gasteiger partial charge in [-0.1, -0.05) is 41.7 Å². The highest BCUT2D eigenvalue weighted by Gasteiger charge is 2.33. The van der Waals surface area contributed by atoms with E-state index in [2.05, 4.69) is 45.3 Å². The van der Waals surface area contributed by atoms with Crippen molar-refractivity contribution in [3.05, 3.63) is 64.8 Å². The fourth-order valence-corrected chi connectivity index (χ4v) is 6.11. The van der Waals surface area contributed by atoms with Crippen LogP contribution in [0.2, 0.25) is 0 Å². The molecular formula is C26H30N4O4S. The van der Waals surface area contributed by atoms with Gasteiger partial charge >= 0.3 is 0 Å². The van der Waals surface area contributed by atoms with Gasteiger partial charge in [-0.15, -0.1) is 0 Å². The molecule has 35 heavy (non-hydrogen) atoms. The normalized spacial score (nSPS) is 15.9. The van der Waals surface area contributed by atoms with Gasteiger partial charge in [0, 0.05) is 0 Å². The minimum atomic E-state index is -0.199. The molecule has 8 nitrogen and oxygen atoms in total. The van der Waals surface area contributed by atoms with Crippen molar-refractivity contribution in [2.45, 2.75) is 25.3 Å². The third-order valence-electron chi connectivity index (χ3n) is 6.77. The van der Waals surface area contributed by atoms with E-state index < -0.39 is 0 Å². The third-order valence-corrected chi connectivity index (χ3v) is 7.86. The topological polar surface area (TPSA) is 81.4 Å². The molecular weight excluding hydrogens is 464 g/mol. The highest BCUT2D eigenvalue weighted by molar-refractivity contribution is 7.17. The summed E-state index contributed by atoms with van der Waals surface area (Å²) in [6, 6.07) is 14.4. The van der Waals surface area contributed by atoms with Gasteiger partial charge in [0.2, 0.25) is 16.6 Å². The molecule has 184 valence electrons. The monoisotopic (exact) mass is 494 g/mol. The lowest BCUT2D eigenvalue weighted by atomic mass is 9.88. The molecule has 1 fully saturated rings. The largest absolute Gasteiger partial charge is 0.493 e. The molecule has 0 amide bonds. The number of ether oxygens (including phenoxy) is 3. The number of hydrogen-bond acceptors (Lipinski definition) is 8. The molecule has 1 aliphatic rings. The summed E-state index contributed by atoms with van der Waals surface area (Å²) in [5.41, 5.74) is 2.34. The number of methoxy groups -OCH3 is 3. The summed E-state index contributed by atoms with van der Waals surface area (Å²) in [5, 5.41) is 15.3. The van der Waals surface area contributed by atoms with Crippen molar-refractivity contribution < 1.29 is 19.3 Å². The average Bonchev–Trinajstić information content (AvgIpc) is 3.48. The standard InChI is InChI=1S/C26H30N4O4S/c1-32-20-14-19(15-21(33-2)23(20)34-3)22(24-25(31)30-26(35-24)27-16-28-30)29-11-9-18(10-12-29)13-17-7-5-4-6-8-17/h4-8,14-16,18,22,31H,9-13H2,1-3H3. The van der Waals surface area contributed by atoms with E-state index in [1.54, 1.807) is 21.3 Å². The Labute approximate surface area is 208 Å². The third kappa shape index (κ3) is 4.53. The van der Waals surface area contributed by atoms with Crippen LogP contribution in [0, 0.1) is 5.92 Å². The van der Waals surface area contributed by atoms with Crippen LogP contribution in [0.3, 0.4) is 0 Å². The van der Waals surface area contributed by atoms with Crippen molar-refractivity contribution in [1.82, 2.24) is 19.5 Å². The predicted octanol–water partition coefficient (Wildman–Crippen LogP) is 4.57. The quantitative estimate of drug-likeness (QED) is 0.384. The van der Waals surface area contributed by atoms with Crippen LogP contribution in [0.4, 0.5) is 0 Å². The number of nitrogens with zero attached hydrogens (tertiary/aromatic N) is 4. The van der Waals surface area contributed by atoms with E-state index >= 15 is 0 Å². The summed E-state index contributed by atoms with van der Waals surface area (Å²) in [6.07, 6.45) is 4.71. The van der Waals surface area contributed by atoms with Crippen LogP contribution in [0.5, 0.6) is 23.1 Å². The summed E-state index contributed by atoms with van der Waals surface area (Å²) < 4.78 is 18.3. The molecule has 1 aliphatic heterocycles. The van der Waals surface area contributed by atoms with Crippen LogP contribution in [0.25, 0.3) is 4.96 Å². The highest BCUT2D eigenvalue weighted by Crippen LogP contribution is 2.46. The van der Waals surface area contributed by atoms with Gasteiger partial charge in [0.25, 0.3) is 0 Å².